The molecule has 0 aromatic rings. The van der Waals surface area contributed by atoms with Crippen LogP contribution in [0.5, 0.6) is 0 Å². The van der Waals surface area contributed by atoms with Gasteiger partial charge >= 0.3 is 0 Å². The quantitative estimate of drug-likeness (QED) is 0.515. The van der Waals surface area contributed by atoms with Crippen molar-refractivity contribution in [2.45, 2.75) is 13.3 Å². The Morgan fingerprint density at radius 1 is 1.18 bits per heavy atom. The van der Waals surface area contributed by atoms with Crippen LogP contribution in [0.25, 0.3) is 0 Å². The average molecular weight is 242 g/mol. The Morgan fingerprint density at radius 2 is 1.94 bits per heavy atom. The highest BCUT2D eigenvalue weighted by atomic mass is 16.2. The smallest absolute Gasteiger partial charge is 0.234 e. The van der Waals surface area contributed by atoms with Crippen LogP contribution in [0, 0.1) is 0 Å². The highest BCUT2D eigenvalue weighted by Crippen LogP contribution is 1.94. The van der Waals surface area contributed by atoms with E-state index in [-0.39, 0.29) is 11.8 Å². The molecule has 0 spiro atoms. The van der Waals surface area contributed by atoms with Crippen LogP contribution in [0.2, 0.25) is 0 Å². The molecule has 1 heterocycles. The summed E-state index contributed by atoms with van der Waals surface area (Å²) < 4.78 is 0. The molecule has 1 aliphatic heterocycles. The van der Waals surface area contributed by atoms with Crippen LogP contribution in [0.1, 0.15) is 13.3 Å². The molecule has 0 saturated carbocycles. The third-order valence-electron chi connectivity index (χ3n) is 2.62. The second-order valence-electron chi connectivity index (χ2n) is 4.21. The number of carbonyl (C=O) groups is 2. The maximum atomic E-state index is 11.6. The number of amides is 2. The van der Waals surface area contributed by atoms with Gasteiger partial charge < -0.3 is 16.0 Å². The van der Waals surface area contributed by atoms with Crippen LogP contribution in [0.15, 0.2) is 0 Å². The van der Waals surface area contributed by atoms with E-state index >= 15 is 0 Å². The number of carbonyl (C=O) groups excluding carboxylic acids is 2. The Balaban J connectivity index is 2.08. The van der Waals surface area contributed by atoms with Gasteiger partial charge in [-0.2, -0.15) is 0 Å². The summed E-state index contributed by atoms with van der Waals surface area (Å²) in [6, 6.07) is 0. The Hall–Kier alpha value is -1.14. The molecule has 1 rings (SSSR count). The van der Waals surface area contributed by atoms with Gasteiger partial charge in [0.05, 0.1) is 6.54 Å². The molecule has 0 bridgehead atoms. The van der Waals surface area contributed by atoms with Gasteiger partial charge in [-0.1, -0.05) is 0 Å². The second kappa shape index (κ2) is 8.03. The topological polar surface area (TPSA) is 73.5 Å². The summed E-state index contributed by atoms with van der Waals surface area (Å²) in [7, 11) is 0. The fourth-order valence-electron chi connectivity index (χ4n) is 1.76. The van der Waals surface area contributed by atoms with Crippen molar-refractivity contribution < 1.29 is 9.59 Å². The maximum absolute atomic E-state index is 11.6. The van der Waals surface area contributed by atoms with Gasteiger partial charge in [0.2, 0.25) is 11.8 Å². The minimum absolute atomic E-state index is 0.0252. The van der Waals surface area contributed by atoms with Crippen molar-refractivity contribution in [1.29, 1.82) is 0 Å². The van der Waals surface area contributed by atoms with Crippen LogP contribution in [0.3, 0.4) is 0 Å². The molecule has 2 amide bonds. The first kappa shape index (κ1) is 13.9. The molecule has 0 radical (unpaired) electrons. The lowest BCUT2D eigenvalue weighted by Gasteiger charge is -2.18. The first-order chi connectivity index (χ1) is 8.18. The zero-order valence-corrected chi connectivity index (χ0v) is 10.4. The van der Waals surface area contributed by atoms with Crippen molar-refractivity contribution in [2.24, 2.45) is 0 Å². The van der Waals surface area contributed by atoms with Gasteiger partial charge in [0.25, 0.3) is 0 Å². The van der Waals surface area contributed by atoms with Crippen LogP contribution >= 0.6 is 0 Å². The van der Waals surface area contributed by atoms with E-state index in [9.17, 15) is 9.59 Å². The van der Waals surface area contributed by atoms with Gasteiger partial charge in [-0.3, -0.25) is 14.5 Å². The van der Waals surface area contributed by atoms with Crippen molar-refractivity contribution in [3.8, 4) is 0 Å². The molecule has 98 valence electrons. The monoisotopic (exact) mass is 242 g/mol. The summed E-state index contributed by atoms with van der Waals surface area (Å²) in [4.78, 5) is 24.3. The molecule has 3 N–H and O–H groups in total. The zero-order valence-electron chi connectivity index (χ0n) is 10.4. The normalized spacial score (nSPS) is 17.2. The molecule has 1 fully saturated rings. The van der Waals surface area contributed by atoms with Crippen LogP contribution < -0.4 is 16.0 Å². The maximum Gasteiger partial charge on any atom is 0.234 e. The summed E-state index contributed by atoms with van der Waals surface area (Å²) in [5, 5.41) is 8.72. The molecule has 1 saturated heterocycles. The fourth-order valence-corrected chi connectivity index (χ4v) is 1.76. The lowest BCUT2D eigenvalue weighted by atomic mass is 10.4. The molecule has 0 aromatic carbocycles. The summed E-state index contributed by atoms with van der Waals surface area (Å²) in [6.45, 7) is 6.74. The molecule has 0 aliphatic carbocycles. The third-order valence-corrected chi connectivity index (χ3v) is 2.62. The van der Waals surface area contributed by atoms with E-state index < -0.39 is 0 Å². The first-order valence-corrected chi connectivity index (χ1v) is 6.12. The van der Waals surface area contributed by atoms with Gasteiger partial charge in [0.1, 0.15) is 0 Å². The van der Waals surface area contributed by atoms with E-state index in [1.807, 2.05) is 0 Å². The zero-order chi connectivity index (χ0) is 12.5. The van der Waals surface area contributed by atoms with Crippen LogP contribution in [-0.4, -0.2) is 62.5 Å². The number of nitrogens with zero attached hydrogens (tertiary/aromatic N) is 1. The molecule has 1 aliphatic rings. The van der Waals surface area contributed by atoms with Crippen molar-refractivity contribution >= 4 is 11.8 Å². The summed E-state index contributed by atoms with van der Waals surface area (Å²) >= 11 is 0. The summed E-state index contributed by atoms with van der Waals surface area (Å²) in [5.74, 6) is -0.0462. The minimum Gasteiger partial charge on any atom is -0.355 e. The van der Waals surface area contributed by atoms with E-state index in [4.69, 9.17) is 0 Å². The lowest BCUT2D eigenvalue weighted by molar-refractivity contribution is -0.123. The molecule has 0 atom stereocenters. The Bertz CT molecular complexity index is 250. The Labute approximate surface area is 102 Å². The molecule has 0 aromatic heterocycles. The first-order valence-electron chi connectivity index (χ1n) is 6.12. The predicted octanol–water partition coefficient (Wildman–Crippen LogP) is -1.47. The van der Waals surface area contributed by atoms with Gasteiger partial charge in [0, 0.05) is 33.1 Å². The van der Waals surface area contributed by atoms with E-state index in [1.54, 1.807) is 0 Å². The van der Waals surface area contributed by atoms with Crippen molar-refractivity contribution in [1.82, 2.24) is 20.9 Å². The third kappa shape index (κ3) is 6.91. The standard InChI is InChI=1S/C11H22N4O2/c1-10(16)13-4-5-14-11(17)9-15-7-2-3-12-6-8-15/h12H,2-9H2,1H3,(H,13,16)(H,14,17). The predicted molar refractivity (Wildman–Crippen MR) is 65.6 cm³/mol. The minimum atomic E-state index is -0.0714. The van der Waals surface area contributed by atoms with Gasteiger partial charge in [-0.15, -0.1) is 0 Å². The van der Waals surface area contributed by atoms with Crippen molar-refractivity contribution in [2.75, 3.05) is 45.8 Å². The molecule has 17 heavy (non-hydrogen) atoms. The molecule has 0 unspecified atom stereocenters. The van der Waals surface area contributed by atoms with Crippen LogP contribution in [0.4, 0.5) is 0 Å². The largest absolute Gasteiger partial charge is 0.355 e. The SMILES string of the molecule is CC(=O)NCCNC(=O)CN1CCCNCC1. The number of hydrogen-bond donors (Lipinski definition) is 3. The van der Waals surface area contributed by atoms with Gasteiger partial charge in [0.15, 0.2) is 0 Å². The summed E-state index contributed by atoms with van der Waals surface area (Å²) in [5.41, 5.74) is 0. The molecular weight excluding hydrogens is 220 g/mol. The Morgan fingerprint density at radius 3 is 2.71 bits per heavy atom. The summed E-state index contributed by atoms with van der Waals surface area (Å²) in [6.07, 6.45) is 1.08. The van der Waals surface area contributed by atoms with Crippen LogP contribution in [-0.2, 0) is 9.59 Å². The highest BCUT2D eigenvalue weighted by molar-refractivity contribution is 5.78. The second-order valence-corrected chi connectivity index (χ2v) is 4.21. The fraction of sp³-hybridized carbons (Fsp3) is 0.818. The average Bonchev–Trinajstić information content (AvgIpc) is 2.53. The van der Waals surface area contributed by atoms with E-state index in [2.05, 4.69) is 20.9 Å². The van der Waals surface area contributed by atoms with Gasteiger partial charge in [-0.05, 0) is 19.5 Å². The van der Waals surface area contributed by atoms with E-state index in [0.29, 0.717) is 19.6 Å². The highest BCUT2D eigenvalue weighted by Gasteiger charge is 2.11. The van der Waals surface area contributed by atoms with Crippen molar-refractivity contribution in [3.05, 3.63) is 0 Å². The van der Waals surface area contributed by atoms with E-state index in [1.165, 1.54) is 6.92 Å². The number of rotatable bonds is 5. The van der Waals surface area contributed by atoms with E-state index in [0.717, 1.165) is 32.6 Å². The molecule has 6 heteroatoms. The van der Waals surface area contributed by atoms with Crippen molar-refractivity contribution in [3.63, 3.8) is 0 Å². The molecule has 6 nitrogen and oxygen atoms in total. The molecular formula is C11H22N4O2. The number of hydrogen-bond acceptors (Lipinski definition) is 4. The number of nitrogens with one attached hydrogen (secondary N) is 3. The van der Waals surface area contributed by atoms with Gasteiger partial charge in [-0.25, -0.2) is 0 Å². The lowest BCUT2D eigenvalue weighted by Crippen LogP contribution is -2.41. The Kier molecular flexibility index (Phi) is 6.57.